The number of halogens is 4. The average Bonchev–Trinajstić information content (AvgIpc) is 3.13. The molecule has 1 atom stereocenters. The number of amides is 2. The predicted octanol–water partition coefficient (Wildman–Crippen LogP) is 4.65. The van der Waals surface area contributed by atoms with Crippen LogP contribution in [-0.2, 0) is 0 Å². The Balaban J connectivity index is 1.78. The van der Waals surface area contributed by atoms with E-state index < -0.39 is 25.0 Å². The van der Waals surface area contributed by atoms with Gasteiger partial charge in [0.15, 0.2) is 5.75 Å². The third-order valence-corrected chi connectivity index (χ3v) is 4.24. The number of aromatic nitrogens is 1. The second-order valence-electron chi connectivity index (χ2n) is 5.98. The summed E-state index contributed by atoms with van der Waals surface area (Å²) < 4.78 is 58.6. The molecule has 0 bridgehead atoms. The summed E-state index contributed by atoms with van der Waals surface area (Å²) >= 11 is 0. The standard InChI is InChI=1S/C18H17F4N3O3/c19-16(20)27-12-3-4-13(15(10-12)28-17(21)22)24-18(26)25-9-1-2-14(25)11-5-7-23-8-6-11/h3-8,10,14,16-17H,1-2,9H2,(H,24,26). The molecule has 2 amide bonds. The zero-order chi connectivity index (χ0) is 20.1. The summed E-state index contributed by atoms with van der Waals surface area (Å²) in [4.78, 5) is 18.2. The summed E-state index contributed by atoms with van der Waals surface area (Å²) in [5.74, 6) is -0.833. The minimum atomic E-state index is -3.20. The van der Waals surface area contributed by atoms with E-state index in [1.807, 2.05) is 0 Å². The van der Waals surface area contributed by atoms with Crippen molar-refractivity contribution in [2.75, 3.05) is 11.9 Å². The number of hydrogen-bond donors (Lipinski definition) is 1. The summed E-state index contributed by atoms with van der Waals surface area (Å²) in [7, 11) is 0. The van der Waals surface area contributed by atoms with Gasteiger partial charge in [0.1, 0.15) is 5.75 Å². The third-order valence-electron chi connectivity index (χ3n) is 4.24. The van der Waals surface area contributed by atoms with Crippen LogP contribution < -0.4 is 14.8 Å². The van der Waals surface area contributed by atoms with Crippen molar-refractivity contribution in [3.8, 4) is 11.5 Å². The third kappa shape index (κ3) is 4.81. The van der Waals surface area contributed by atoms with Gasteiger partial charge in [0.25, 0.3) is 0 Å². The Morgan fingerprint density at radius 3 is 2.50 bits per heavy atom. The molecule has 2 heterocycles. The molecule has 1 aliphatic heterocycles. The number of ether oxygens (including phenoxy) is 2. The molecule has 28 heavy (non-hydrogen) atoms. The highest BCUT2D eigenvalue weighted by molar-refractivity contribution is 5.91. The van der Waals surface area contributed by atoms with Crippen molar-refractivity contribution in [3.05, 3.63) is 48.3 Å². The van der Waals surface area contributed by atoms with Crippen molar-refractivity contribution < 1.29 is 31.8 Å². The van der Waals surface area contributed by atoms with Gasteiger partial charge in [-0.2, -0.15) is 17.6 Å². The van der Waals surface area contributed by atoms with Crippen LogP contribution in [-0.4, -0.2) is 35.7 Å². The van der Waals surface area contributed by atoms with Gasteiger partial charge in [-0.3, -0.25) is 4.98 Å². The first-order valence-electron chi connectivity index (χ1n) is 8.45. The van der Waals surface area contributed by atoms with E-state index in [0.717, 1.165) is 30.5 Å². The number of carbonyl (C=O) groups is 1. The van der Waals surface area contributed by atoms with Crippen LogP contribution in [0.15, 0.2) is 42.7 Å². The number of anilines is 1. The summed E-state index contributed by atoms with van der Waals surface area (Å²) in [5.41, 5.74) is 0.833. The number of benzene rings is 1. The molecule has 1 aromatic heterocycles. The second kappa shape index (κ2) is 8.77. The number of likely N-dealkylation sites (tertiary alicyclic amines) is 1. The van der Waals surface area contributed by atoms with Crippen LogP contribution >= 0.6 is 0 Å². The highest BCUT2D eigenvalue weighted by atomic mass is 19.3. The van der Waals surface area contributed by atoms with Gasteiger partial charge in [-0.25, -0.2) is 4.79 Å². The summed E-state index contributed by atoms with van der Waals surface area (Å²) in [6, 6.07) is 6.09. The van der Waals surface area contributed by atoms with E-state index in [2.05, 4.69) is 19.8 Å². The number of alkyl halides is 4. The van der Waals surface area contributed by atoms with Crippen molar-refractivity contribution >= 4 is 11.7 Å². The number of rotatable bonds is 6. The predicted molar refractivity (Wildman–Crippen MR) is 91.6 cm³/mol. The lowest BCUT2D eigenvalue weighted by Gasteiger charge is -2.25. The molecule has 1 aliphatic rings. The number of nitrogens with zero attached hydrogens (tertiary/aromatic N) is 2. The largest absolute Gasteiger partial charge is 0.435 e. The van der Waals surface area contributed by atoms with Gasteiger partial charge in [0, 0.05) is 25.0 Å². The fourth-order valence-corrected chi connectivity index (χ4v) is 3.10. The van der Waals surface area contributed by atoms with Crippen LogP contribution in [0.1, 0.15) is 24.4 Å². The summed E-state index contributed by atoms with van der Waals surface area (Å²) in [5, 5.41) is 2.51. The van der Waals surface area contributed by atoms with Gasteiger partial charge in [-0.05, 0) is 42.7 Å². The highest BCUT2D eigenvalue weighted by Crippen LogP contribution is 2.35. The quantitative estimate of drug-likeness (QED) is 0.718. The van der Waals surface area contributed by atoms with E-state index in [9.17, 15) is 22.4 Å². The molecule has 150 valence electrons. The van der Waals surface area contributed by atoms with Gasteiger partial charge in [0.05, 0.1) is 11.7 Å². The number of carbonyl (C=O) groups excluding carboxylic acids is 1. The number of nitrogens with one attached hydrogen (secondary N) is 1. The first-order chi connectivity index (χ1) is 13.4. The smallest absolute Gasteiger partial charge is 0.387 e. The van der Waals surface area contributed by atoms with Crippen LogP contribution in [0.3, 0.4) is 0 Å². The van der Waals surface area contributed by atoms with E-state index >= 15 is 0 Å². The lowest BCUT2D eigenvalue weighted by atomic mass is 10.1. The molecule has 6 nitrogen and oxygen atoms in total. The zero-order valence-electron chi connectivity index (χ0n) is 14.5. The van der Waals surface area contributed by atoms with Gasteiger partial charge in [-0.1, -0.05) is 0 Å². The van der Waals surface area contributed by atoms with Gasteiger partial charge in [-0.15, -0.1) is 0 Å². The Labute approximate surface area is 158 Å². The van der Waals surface area contributed by atoms with E-state index in [1.165, 1.54) is 6.07 Å². The number of urea groups is 1. The van der Waals surface area contributed by atoms with Gasteiger partial charge in [0.2, 0.25) is 0 Å². The minimum Gasteiger partial charge on any atom is -0.435 e. The highest BCUT2D eigenvalue weighted by Gasteiger charge is 2.30. The maximum atomic E-state index is 12.7. The Kier molecular flexibility index (Phi) is 6.17. The second-order valence-corrected chi connectivity index (χ2v) is 5.98. The lowest BCUT2D eigenvalue weighted by molar-refractivity contribution is -0.0539. The van der Waals surface area contributed by atoms with Crippen molar-refractivity contribution in [1.29, 1.82) is 0 Å². The van der Waals surface area contributed by atoms with E-state index in [1.54, 1.807) is 29.4 Å². The molecule has 10 heteroatoms. The van der Waals surface area contributed by atoms with Crippen LogP contribution in [0.25, 0.3) is 0 Å². The molecular formula is C18H17F4N3O3. The maximum Gasteiger partial charge on any atom is 0.387 e. The summed E-state index contributed by atoms with van der Waals surface area (Å²) in [6.45, 7) is -5.84. The van der Waals surface area contributed by atoms with Crippen LogP contribution in [0, 0.1) is 0 Å². The van der Waals surface area contributed by atoms with Crippen LogP contribution in [0.5, 0.6) is 11.5 Å². The SMILES string of the molecule is O=C(Nc1ccc(OC(F)F)cc1OC(F)F)N1CCCC1c1ccncc1. The van der Waals surface area contributed by atoms with E-state index in [-0.39, 0.29) is 17.5 Å². The Hall–Kier alpha value is -3.04. The molecule has 3 rings (SSSR count). The zero-order valence-corrected chi connectivity index (χ0v) is 14.5. The van der Waals surface area contributed by atoms with Gasteiger partial charge < -0.3 is 19.7 Å². The fraction of sp³-hybridized carbons (Fsp3) is 0.333. The Morgan fingerprint density at radius 2 is 1.82 bits per heavy atom. The number of pyridine rings is 1. The topological polar surface area (TPSA) is 63.7 Å². The molecule has 0 aliphatic carbocycles. The van der Waals surface area contributed by atoms with E-state index in [4.69, 9.17) is 0 Å². The average molecular weight is 399 g/mol. The molecule has 1 aromatic carbocycles. The van der Waals surface area contributed by atoms with Crippen molar-refractivity contribution in [2.24, 2.45) is 0 Å². The molecule has 0 radical (unpaired) electrons. The van der Waals surface area contributed by atoms with Crippen molar-refractivity contribution in [2.45, 2.75) is 32.1 Å². The molecule has 1 fully saturated rings. The van der Waals surface area contributed by atoms with Gasteiger partial charge >= 0.3 is 19.3 Å². The monoisotopic (exact) mass is 399 g/mol. The first kappa shape index (κ1) is 19.7. The van der Waals surface area contributed by atoms with Crippen LogP contribution in [0.2, 0.25) is 0 Å². The molecule has 0 saturated carbocycles. The molecule has 1 saturated heterocycles. The number of hydrogen-bond acceptors (Lipinski definition) is 4. The van der Waals surface area contributed by atoms with Crippen molar-refractivity contribution in [3.63, 3.8) is 0 Å². The molecule has 0 spiro atoms. The van der Waals surface area contributed by atoms with E-state index in [0.29, 0.717) is 6.54 Å². The molecular weight excluding hydrogens is 382 g/mol. The maximum absolute atomic E-state index is 12.7. The Bertz CT molecular complexity index is 808. The minimum absolute atomic E-state index is 0.0766. The van der Waals surface area contributed by atoms with Crippen LogP contribution in [0.4, 0.5) is 28.0 Å². The molecule has 2 aromatic rings. The molecule has 1 unspecified atom stereocenters. The fourth-order valence-electron chi connectivity index (χ4n) is 3.10. The summed E-state index contributed by atoms with van der Waals surface area (Å²) in [6.07, 6.45) is 4.78. The normalized spacial score (nSPS) is 16.5. The lowest BCUT2D eigenvalue weighted by Crippen LogP contribution is -2.34. The molecule has 1 N–H and O–H groups in total. The Morgan fingerprint density at radius 1 is 1.11 bits per heavy atom. The van der Waals surface area contributed by atoms with Crippen molar-refractivity contribution in [1.82, 2.24) is 9.88 Å². The first-order valence-corrected chi connectivity index (χ1v) is 8.45.